The summed E-state index contributed by atoms with van der Waals surface area (Å²) in [6, 6.07) is 0. The van der Waals surface area contributed by atoms with Crippen molar-refractivity contribution in [2.45, 2.75) is 12.1 Å². The van der Waals surface area contributed by atoms with Crippen molar-refractivity contribution in [1.82, 2.24) is 19.6 Å². The molecular weight excluding hydrogens is 312 g/mol. The standard InChI is InChI=1S/C8H7BrN4O3S/c1-3-5(9)6(16)13-7(10-3)11-8(12-13)17-2-4(14)15/h16H,2H2,1H3,(H,14,15). The topological polar surface area (TPSA) is 101 Å². The van der Waals surface area contributed by atoms with Crippen LogP contribution in [0.3, 0.4) is 0 Å². The Kier molecular flexibility index (Phi) is 3.20. The second kappa shape index (κ2) is 4.49. The molecular formula is C8H7BrN4O3S. The third-order valence-corrected chi connectivity index (χ3v) is 3.63. The molecule has 0 atom stereocenters. The zero-order valence-electron chi connectivity index (χ0n) is 8.58. The molecule has 0 unspecified atom stereocenters. The lowest BCUT2D eigenvalue weighted by Gasteiger charge is -2.00. The van der Waals surface area contributed by atoms with Crippen molar-refractivity contribution >= 4 is 39.4 Å². The number of hydrogen-bond acceptors (Lipinski definition) is 6. The normalized spacial score (nSPS) is 10.9. The van der Waals surface area contributed by atoms with Crippen LogP contribution < -0.4 is 0 Å². The number of carbonyl (C=O) groups is 1. The van der Waals surface area contributed by atoms with E-state index in [0.717, 1.165) is 16.3 Å². The molecule has 0 spiro atoms. The van der Waals surface area contributed by atoms with Crippen molar-refractivity contribution in [3.63, 3.8) is 0 Å². The van der Waals surface area contributed by atoms with Gasteiger partial charge in [-0.1, -0.05) is 11.8 Å². The molecule has 90 valence electrons. The minimum absolute atomic E-state index is 0.109. The molecule has 0 aliphatic rings. The maximum atomic E-state index is 10.4. The van der Waals surface area contributed by atoms with Gasteiger partial charge in [0.1, 0.15) is 4.47 Å². The summed E-state index contributed by atoms with van der Waals surface area (Å²) in [5.74, 6) is -0.973. The van der Waals surface area contributed by atoms with Crippen LogP contribution in [0.1, 0.15) is 5.69 Å². The number of halogens is 1. The van der Waals surface area contributed by atoms with E-state index in [4.69, 9.17) is 5.11 Å². The lowest BCUT2D eigenvalue weighted by Crippen LogP contribution is -1.98. The molecule has 0 bridgehead atoms. The molecule has 0 fully saturated rings. The van der Waals surface area contributed by atoms with E-state index in [1.165, 1.54) is 0 Å². The highest BCUT2D eigenvalue weighted by molar-refractivity contribution is 9.10. The number of hydrogen-bond donors (Lipinski definition) is 2. The van der Waals surface area contributed by atoms with E-state index in [2.05, 4.69) is 31.0 Å². The van der Waals surface area contributed by atoms with Gasteiger partial charge in [0.25, 0.3) is 5.78 Å². The molecule has 0 aliphatic heterocycles. The predicted octanol–water partition coefficient (Wildman–Crippen LogP) is 1.08. The average Bonchev–Trinajstić information content (AvgIpc) is 2.66. The minimum atomic E-state index is -0.955. The molecule has 0 amide bonds. The minimum Gasteiger partial charge on any atom is -0.492 e. The van der Waals surface area contributed by atoms with E-state index >= 15 is 0 Å². The van der Waals surface area contributed by atoms with E-state index in [9.17, 15) is 9.90 Å². The number of rotatable bonds is 3. The fraction of sp³-hybridized carbons (Fsp3) is 0.250. The van der Waals surface area contributed by atoms with E-state index < -0.39 is 5.97 Å². The Morgan fingerprint density at radius 3 is 2.88 bits per heavy atom. The first-order valence-electron chi connectivity index (χ1n) is 4.45. The molecule has 2 heterocycles. The third kappa shape index (κ3) is 2.34. The molecule has 0 radical (unpaired) electrons. The largest absolute Gasteiger partial charge is 0.492 e. The van der Waals surface area contributed by atoms with Crippen LogP contribution in [-0.2, 0) is 4.79 Å². The molecule has 0 saturated heterocycles. The first kappa shape index (κ1) is 12.1. The van der Waals surface area contributed by atoms with Gasteiger partial charge in [0, 0.05) is 0 Å². The van der Waals surface area contributed by atoms with Crippen LogP contribution in [0, 0.1) is 6.92 Å². The van der Waals surface area contributed by atoms with Crippen molar-refractivity contribution in [3.05, 3.63) is 10.2 Å². The molecule has 0 aliphatic carbocycles. The molecule has 0 saturated carbocycles. The Balaban J connectivity index is 2.43. The van der Waals surface area contributed by atoms with E-state index in [1.54, 1.807) is 6.92 Å². The quantitative estimate of drug-likeness (QED) is 0.816. The van der Waals surface area contributed by atoms with Gasteiger partial charge in [-0.3, -0.25) is 4.79 Å². The van der Waals surface area contributed by atoms with Gasteiger partial charge in [0.05, 0.1) is 11.4 Å². The maximum Gasteiger partial charge on any atom is 0.313 e. The number of aryl methyl sites for hydroxylation is 1. The van der Waals surface area contributed by atoms with Crippen molar-refractivity contribution < 1.29 is 15.0 Å². The molecule has 0 aromatic carbocycles. The van der Waals surface area contributed by atoms with Crippen molar-refractivity contribution in [2.75, 3.05) is 5.75 Å². The Hall–Kier alpha value is -1.35. The smallest absolute Gasteiger partial charge is 0.313 e. The maximum absolute atomic E-state index is 10.4. The van der Waals surface area contributed by atoms with Gasteiger partial charge in [0.2, 0.25) is 11.0 Å². The molecule has 17 heavy (non-hydrogen) atoms. The zero-order chi connectivity index (χ0) is 12.6. The second-order valence-electron chi connectivity index (χ2n) is 3.12. The SMILES string of the molecule is Cc1nc2nc(SCC(=O)O)nn2c(O)c1Br. The number of fused-ring (bicyclic) bond motifs is 1. The van der Waals surface area contributed by atoms with Gasteiger partial charge in [-0.05, 0) is 22.9 Å². The average molecular weight is 319 g/mol. The number of aromatic nitrogens is 4. The van der Waals surface area contributed by atoms with Crippen molar-refractivity contribution in [3.8, 4) is 5.88 Å². The van der Waals surface area contributed by atoms with Gasteiger partial charge < -0.3 is 10.2 Å². The summed E-state index contributed by atoms with van der Waals surface area (Å²) in [5, 5.41) is 22.5. The zero-order valence-corrected chi connectivity index (χ0v) is 11.0. The summed E-state index contributed by atoms with van der Waals surface area (Å²) < 4.78 is 1.59. The number of aromatic hydroxyl groups is 1. The van der Waals surface area contributed by atoms with E-state index in [1.807, 2.05) is 0 Å². The fourth-order valence-electron chi connectivity index (χ4n) is 1.14. The summed E-state index contributed by atoms with van der Waals surface area (Å²) in [5.41, 5.74) is 0.581. The Morgan fingerprint density at radius 2 is 2.24 bits per heavy atom. The van der Waals surface area contributed by atoms with Crippen molar-refractivity contribution in [2.24, 2.45) is 0 Å². The number of thioether (sulfide) groups is 1. The fourth-order valence-corrected chi connectivity index (χ4v) is 1.94. The molecule has 2 N–H and O–H groups in total. The van der Waals surface area contributed by atoms with Crippen LogP contribution in [-0.4, -0.2) is 41.5 Å². The predicted molar refractivity (Wildman–Crippen MR) is 63.2 cm³/mol. The molecule has 7 nitrogen and oxygen atoms in total. The number of aliphatic carboxylic acids is 1. The van der Waals surface area contributed by atoms with Gasteiger partial charge in [0.15, 0.2) is 0 Å². The molecule has 2 aromatic heterocycles. The monoisotopic (exact) mass is 318 g/mol. The Morgan fingerprint density at radius 1 is 1.53 bits per heavy atom. The van der Waals surface area contributed by atoms with Gasteiger partial charge >= 0.3 is 5.97 Å². The van der Waals surface area contributed by atoms with Crippen LogP contribution in [0.2, 0.25) is 0 Å². The van der Waals surface area contributed by atoms with Gasteiger partial charge in [-0.2, -0.15) is 9.50 Å². The highest BCUT2D eigenvalue weighted by Crippen LogP contribution is 2.27. The van der Waals surface area contributed by atoms with Crippen LogP contribution in [0.15, 0.2) is 9.63 Å². The lowest BCUT2D eigenvalue weighted by molar-refractivity contribution is -0.133. The van der Waals surface area contributed by atoms with E-state index in [-0.39, 0.29) is 22.6 Å². The number of carboxylic acid groups (broad SMARTS) is 1. The highest BCUT2D eigenvalue weighted by Gasteiger charge is 2.14. The van der Waals surface area contributed by atoms with Crippen LogP contribution in [0.5, 0.6) is 5.88 Å². The molecule has 9 heteroatoms. The summed E-state index contributed by atoms with van der Waals surface area (Å²) in [6.07, 6.45) is 0. The van der Waals surface area contributed by atoms with Crippen LogP contribution in [0.25, 0.3) is 5.78 Å². The first-order chi connectivity index (χ1) is 7.99. The Bertz CT molecular complexity index is 600. The van der Waals surface area contributed by atoms with E-state index in [0.29, 0.717) is 10.2 Å². The second-order valence-corrected chi connectivity index (χ2v) is 4.86. The van der Waals surface area contributed by atoms with Crippen molar-refractivity contribution in [1.29, 1.82) is 0 Å². The van der Waals surface area contributed by atoms with Gasteiger partial charge in [-0.25, -0.2) is 4.98 Å². The summed E-state index contributed by atoms with van der Waals surface area (Å²) in [4.78, 5) is 18.5. The number of carboxylic acids is 1. The lowest BCUT2D eigenvalue weighted by atomic mass is 10.4. The summed E-state index contributed by atoms with van der Waals surface area (Å²) in [6.45, 7) is 1.71. The first-order valence-corrected chi connectivity index (χ1v) is 6.23. The summed E-state index contributed by atoms with van der Waals surface area (Å²) >= 11 is 4.14. The number of nitrogens with zero attached hydrogens (tertiary/aromatic N) is 4. The summed E-state index contributed by atoms with van der Waals surface area (Å²) in [7, 11) is 0. The van der Waals surface area contributed by atoms with Crippen LogP contribution in [0.4, 0.5) is 0 Å². The third-order valence-electron chi connectivity index (χ3n) is 1.88. The molecule has 2 aromatic rings. The van der Waals surface area contributed by atoms with Gasteiger partial charge in [-0.15, -0.1) is 5.10 Å². The Labute approximate surface area is 108 Å². The van der Waals surface area contributed by atoms with Crippen LogP contribution >= 0.6 is 27.7 Å². The molecule has 2 rings (SSSR count). The highest BCUT2D eigenvalue weighted by atomic mass is 79.9.